The summed E-state index contributed by atoms with van der Waals surface area (Å²) in [6.45, 7) is 1.07. The van der Waals surface area contributed by atoms with Crippen molar-refractivity contribution in [2.45, 2.75) is 31.2 Å². The van der Waals surface area contributed by atoms with Crippen molar-refractivity contribution in [2.75, 3.05) is 13.2 Å². The van der Waals surface area contributed by atoms with Gasteiger partial charge in [0.2, 0.25) is 0 Å². The molecule has 0 saturated carbocycles. The Labute approximate surface area is 141 Å². The summed E-state index contributed by atoms with van der Waals surface area (Å²) in [6.07, 6.45) is 1.66. The van der Waals surface area contributed by atoms with Crippen LogP contribution in [0.2, 0.25) is 5.02 Å². The van der Waals surface area contributed by atoms with Gasteiger partial charge in [0.05, 0.1) is 25.9 Å². The van der Waals surface area contributed by atoms with Crippen LogP contribution in [0, 0.1) is 0 Å². The zero-order valence-electron chi connectivity index (χ0n) is 13.0. The van der Waals surface area contributed by atoms with Gasteiger partial charge in [-0.3, -0.25) is 0 Å². The van der Waals surface area contributed by atoms with Crippen LogP contribution in [0.4, 0.5) is 0 Å². The summed E-state index contributed by atoms with van der Waals surface area (Å²) >= 11 is 5.94. The summed E-state index contributed by atoms with van der Waals surface area (Å²) in [5.74, 6) is 0. The van der Waals surface area contributed by atoms with E-state index in [4.69, 9.17) is 21.1 Å². The van der Waals surface area contributed by atoms with Gasteiger partial charge < -0.3 is 14.6 Å². The van der Waals surface area contributed by atoms with Gasteiger partial charge in [-0.1, -0.05) is 54.1 Å². The van der Waals surface area contributed by atoms with Crippen molar-refractivity contribution in [1.29, 1.82) is 0 Å². The molecule has 1 aliphatic rings. The minimum absolute atomic E-state index is 0.00143. The topological polar surface area (TPSA) is 38.7 Å². The molecule has 1 heterocycles. The molecule has 0 amide bonds. The van der Waals surface area contributed by atoms with Gasteiger partial charge >= 0.3 is 0 Å². The van der Waals surface area contributed by atoms with Crippen LogP contribution in [0.1, 0.15) is 24.0 Å². The molecular weight excluding hydrogens is 312 g/mol. The molecule has 1 N–H and O–H groups in total. The molecule has 3 rings (SSSR count). The fourth-order valence-corrected chi connectivity index (χ4v) is 3.13. The number of benzene rings is 2. The van der Waals surface area contributed by atoms with Crippen LogP contribution >= 0.6 is 11.6 Å². The Kier molecular flexibility index (Phi) is 5.34. The van der Waals surface area contributed by atoms with Gasteiger partial charge in [0.25, 0.3) is 0 Å². The second-order valence-electron chi connectivity index (χ2n) is 5.94. The standard InChI is InChI=1S/C19H21ClO3/c20-17-8-6-16(7-9-17)19(14-21)11-10-18(23-19)13-22-12-15-4-2-1-3-5-15/h1-9,18,21H,10-14H2/t18-,19+/m1/s1. The highest BCUT2D eigenvalue weighted by molar-refractivity contribution is 6.30. The number of hydrogen-bond acceptors (Lipinski definition) is 3. The van der Waals surface area contributed by atoms with Gasteiger partial charge in [0.1, 0.15) is 5.60 Å². The first-order chi connectivity index (χ1) is 11.2. The average Bonchev–Trinajstić information content (AvgIpc) is 3.01. The summed E-state index contributed by atoms with van der Waals surface area (Å²) in [5.41, 5.74) is 1.48. The molecule has 0 spiro atoms. The smallest absolute Gasteiger partial charge is 0.117 e. The molecule has 0 unspecified atom stereocenters. The summed E-state index contributed by atoms with van der Waals surface area (Å²) in [7, 11) is 0. The van der Waals surface area contributed by atoms with Crippen LogP contribution in [0.5, 0.6) is 0 Å². The molecule has 2 aromatic rings. The van der Waals surface area contributed by atoms with Crippen molar-refractivity contribution in [2.24, 2.45) is 0 Å². The van der Waals surface area contributed by atoms with E-state index in [9.17, 15) is 5.11 Å². The third-order valence-corrected chi connectivity index (χ3v) is 4.56. The van der Waals surface area contributed by atoms with Gasteiger partial charge in [-0.15, -0.1) is 0 Å². The van der Waals surface area contributed by atoms with Crippen LogP contribution in [0.3, 0.4) is 0 Å². The van der Waals surface area contributed by atoms with E-state index in [1.54, 1.807) is 0 Å². The Morgan fingerprint density at radius 1 is 1.13 bits per heavy atom. The maximum absolute atomic E-state index is 9.86. The van der Waals surface area contributed by atoms with Gasteiger partial charge in [0, 0.05) is 5.02 Å². The Bertz CT molecular complexity index is 614. The Morgan fingerprint density at radius 2 is 1.87 bits per heavy atom. The summed E-state index contributed by atoms with van der Waals surface area (Å²) in [5, 5.41) is 10.5. The van der Waals surface area contributed by atoms with Crippen molar-refractivity contribution < 1.29 is 14.6 Å². The quantitative estimate of drug-likeness (QED) is 0.871. The molecule has 122 valence electrons. The number of ether oxygens (including phenoxy) is 2. The van der Waals surface area contributed by atoms with Gasteiger partial charge in [-0.25, -0.2) is 0 Å². The minimum atomic E-state index is -0.634. The predicted octanol–water partition coefficient (Wildman–Crippen LogP) is 3.92. The molecule has 4 heteroatoms. The molecule has 3 nitrogen and oxygen atoms in total. The second kappa shape index (κ2) is 7.45. The highest BCUT2D eigenvalue weighted by Crippen LogP contribution is 2.39. The Morgan fingerprint density at radius 3 is 2.57 bits per heavy atom. The van der Waals surface area contributed by atoms with Crippen molar-refractivity contribution >= 4 is 11.6 Å². The van der Waals surface area contributed by atoms with Crippen LogP contribution in [0.25, 0.3) is 0 Å². The molecular formula is C19H21ClO3. The number of halogens is 1. The summed E-state index contributed by atoms with van der Waals surface area (Å²) < 4.78 is 11.9. The molecule has 0 bridgehead atoms. The lowest BCUT2D eigenvalue weighted by atomic mass is 9.91. The molecule has 0 aliphatic carbocycles. The molecule has 1 fully saturated rings. The van der Waals surface area contributed by atoms with E-state index >= 15 is 0 Å². The van der Waals surface area contributed by atoms with Gasteiger partial charge in [-0.2, -0.15) is 0 Å². The number of rotatable bonds is 6. The molecule has 23 heavy (non-hydrogen) atoms. The van der Waals surface area contributed by atoms with Gasteiger partial charge in [0.15, 0.2) is 0 Å². The fourth-order valence-electron chi connectivity index (χ4n) is 3.00. The van der Waals surface area contributed by atoms with E-state index in [0.29, 0.717) is 18.2 Å². The van der Waals surface area contributed by atoms with Crippen LogP contribution in [-0.2, 0) is 21.7 Å². The van der Waals surface area contributed by atoms with Gasteiger partial charge in [-0.05, 0) is 36.1 Å². The first-order valence-electron chi connectivity index (χ1n) is 7.88. The van der Waals surface area contributed by atoms with E-state index in [-0.39, 0.29) is 12.7 Å². The highest BCUT2D eigenvalue weighted by atomic mass is 35.5. The van der Waals surface area contributed by atoms with Crippen LogP contribution < -0.4 is 0 Å². The first-order valence-corrected chi connectivity index (χ1v) is 8.26. The zero-order valence-corrected chi connectivity index (χ0v) is 13.7. The lowest BCUT2D eigenvalue weighted by Gasteiger charge is -2.28. The zero-order chi connectivity index (χ0) is 16.1. The van der Waals surface area contributed by atoms with Crippen molar-refractivity contribution in [3.8, 4) is 0 Å². The first kappa shape index (κ1) is 16.5. The summed E-state index contributed by atoms with van der Waals surface area (Å²) in [4.78, 5) is 0. The van der Waals surface area contributed by atoms with Crippen LogP contribution in [0.15, 0.2) is 54.6 Å². The minimum Gasteiger partial charge on any atom is -0.393 e. The average molecular weight is 333 g/mol. The third-order valence-electron chi connectivity index (χ3n) is 4.30. The van der Waals surface area contributed by atoms with Crippen molar-refractivity contribution in [1.82, 2.24) is 0 Å². The van der Waals surface area contributed by atoms with E-state index in [2.05, 4.69) is 0 Å². The molecule has 1 aliphatic heterocycles. The maximum Gasteiger partial charge on any atom is 0.117 e. The SMILES string of the molecule is OC[C@]1(c2ccc(Cl)cc2)CC[C@H](COCc2ccccc2)O1. The Hall–Kier alpha value is -1.39. The number of aliphatic hydroxyl groups excluding tert-OH is 1. The number of hydrogen-bond donors (Lipinski definition) is 1. The normalized spacial score (nSPS) is 24.0. The largest absolute Gasteiger partial charge is 0.393 e. The Balaban J connectivity index is 1.57. The molecule has 0 radical (unpaired) electrons. The molecule has 1 saturated heterocycles. The fraction of sp³-hybridized carbons (Fsp3) is 0.368. The predicted molar refractivity (Wildman–Crippen MR) is 90.4 cm³/mol. The van der Waals surface area contributed by atoms with E-state index in [1.807, 2.05) is 54.6 Å². The molecule has 2 atom stereocenters. The van der Waals surface area contributed by atoms with E-state index in [0.717, 1.165) is 24.0 Å². The third kappa shape index (κ3) is 3.93. The lowest BCUT2D eigenvalue weighted by molar-refractivity contribution is -0.101. The van der Waals surface area contributed by atoms with E-state index < -0.39 is 5.60 Å². The number of aliphatic hydroxyl groups is 1. The van der Waals surface area contributed by atoms with Crippen molar-refractivity contribution in [3.63, 3.8) is 0 Å². The molecule has 0 aromatic heterocycles. The lowest BCUT2D eigenvalue weighted by Crippen LogP contribution is -2.31. The van der Waals surface area contributed by atoms with E-state index in [1.165, 1.54) is 0 Å². The maximum atomic E-state index is 9.86. The highest BCUT2D eigenvalue weighted by Gasteiger charge is 2.41. The summed E-state index contributed by atoms with van der Waals surface area (Å²) in [6, 6.07) is 17.6. The van der Waals surface area contributed by atoms with Crippen molar-refractivity contribution in [3.05, 3.63) is 70.7 Å². The second-order valence-corrected chi connectivity index (χ2v) is 6.37. The molecule has 2 aromatic carbocycles. The van der Waals surface area contributed by atoms with Crippen LogP contribution in [-0.4, -0.2) is 24.4 Å². The monoisotopic (exact) mass is 332 g/mol.